The van der Waals surface area contributed by atoms with Gasteiger partial charge in [0.15, 0.2) is 0 Å². The summed E-state index contributed by atoms with van der Waals surface area (Å²) in [5.74, 6) is 0. The van der Waals surface area contributed by atoms with Gasteiger partial charge in [-0.2, -0.15) is 5.10 Å². The number of likely N-dealkylation sites (N-methyl/N-ethyl adjacent to an activating group) is 1. The van der Waals surface area contributed by atoms with Crippen molar-refractivity contribution in [3.63, 3.8) is 0 Å². The maximum atomic E-state index is 5.12. The summed E-state index contributed by atoms with van der Waals surface area (Å²) < 4.78 is 0. The molecule has 0 unspecified atom stereocenters. The second kappa shape index (κ2) is 8.72. The summed E-state index contributed by atoms with van der Waals surface area (Å²) in [6.07, 6.45) is 3.71. The van der Waals surface area contributed by atoms with Crippen molar-refractivity contribution in [1.29, 1.82) is 0 Å². The van der Waals surface area contributed by atoms with Crippen LogP contribution >= 0.6 is 11.3 Å². The van der Waals surface area contributed by atoms with Gasteiger partial charge in [0.25, 0.3) is 0 Å². The normalized spacial score (nSPS) is 14.3. The Morgan fingerprint density at radius 1 is 1.24 bits per heavy atom. The fourth-order valence-electron chi connectivity index (χ4n) is 4.75. The first-order chi connectivity index (χ1) is 16.0. The van der Waals surface area contributed by atoms with E-state index in [0.717, 1.165) is 69.6 Å². The zero-order chi connectivity index (χ0) is 23.1. The first kappa shape index (κ1) is 21.8. The first-order valence-electron chi connectivity index (χ1n) is 11.5. The molecule has 1 aliphatic heterocycles. The largest absolute Gasteiger partial charge is 0.367 e. The Hall–Kier alpha value is -3.03. The number of hydrogen-bond donors (Lipinski definition) is 1. The van der Waals surface area contributed by atoms with Crippen LogP contribution < -0.4 is 0 Å². The average molecular weight is 459 g/mol. The molecule has 33 heavy (non-hydrogen) atoms. The van der Waals surface area contributed by atoms with Crippen molar-refractivity contribution in [2.75, 3.05) is 26.2 Å². The molecule has 0 spiro atoms. The van der Waals surface area contributed by atoms with Crippen molar-refractivity contribution in [2.24, 2.45) is 0 Å². The van der Waals surface area contributed by atoms with E-state index in [1.165, 1.54) is 11.1 Å². The standard InChI is InChI=1S/C26H30N6S/c1-6-31(7-2)20-14-32(15-20)18(5)23-25(19-9-8-10-27-13-19)33-26(28-23)24-21-12-16(3)11-17(4)22(21)29-30-24/h8-13,20H,5-7,14-15H2,1-4H3,(H,29,30). The van der Waals surface area contributed by atoms with Crippen LogP contribution in [0, 0.1) is 13.8 Å². The third-order valence-electron chi connectivity index (χ3n) is 6.60. The van der Waals surface area contributed by atoms with Crippen LogP contribution in [0.1, 0.15) is 30.7 Å². The highest BCUT2D eigenvalue weighted by molar-refractivity contribution is 7.18. The molecule has 1 fully saturated rings. The Morgan fingerprint density at radius 2 is 2.03 bits per heavy atom. The second-order valence-corrected chi connectivity index (χ2v) is 9.74. The summed E-state index contributed by atoms with van der Waals surface area (Å²) in [5.41, 5.74) is 7.34. The van der Waals surface area contributed by atoms with E-state index in [9.17, 15) is 0 Å². The van der Waals surface area contributed by atoms with Crippen LogP contribution in [0.5, 0.6) is 0 Å². The number of nitrogens with zero attached hydrogens (tertiary/aromatic N) is 5. The molecular formula is C26H30N6S. The van der Waals surface area contributed by atoms with Crippen molar-refractivity contribution < 1.29 is 0 Å². The minimum Gasteiger partial charge on any atom is -0.367 e. The Balaban J connectivity index is 1.54. The van der Waals surface area contributed by atoms with Crippen LogP contribution in [-0.4, -0.2) is 62.2 Å². The van der Waals surface area contributed by atoms with Crippen molar-refractivity contribution >= 4 is 27.9 Å². The van der Waals surface area contributed by atoms with Crippen LogP contribution in [0.25, 0.3) is 37.7 Å². The van der Waals surface area contributed by atoms with E-state index in [-0.39, 0.29) is 0 Å². The maximum absolute atomic E-state index is 5.12. The van der Waals surface area contributed by atoms with E-state index >= 15 is 0 Å². The highest BCUT2D eigenvalue weighted by Gasteiger charge is 2.33. The molecule has 170 valence electrons. The van der Waals surface area contributed by atoms with E-state index in [4.69, 9.17) is 4.98 Å². The molecule has 6 nitrogen and oxygen atoms in total. The number of H-pyrrole nitrogens is 1. The molecule has 0 bridgehead atoms. The Morgan fingerprint density at radius 3 is 2.73 bits per heavy atom. The fraction of sp³-hybridized carbons (Fsp3) is 0.346. The summed E-state index contributed by atoms with van der Waals surface area (Å²) >= 11 is 1.67. The third-order valence-corrected chi connectivity index (χ3v) is 7.73. The average Bonchev–Trinajstić information content (AvgIpc) is 3.40. The second-order valence-electron chi connectivity index (χ2n) is 8.74. The lowest BCUT2D eigenvalue weighted by Gasteiger charge is -2.46. The number of likely N-dealkylation sites (tertiary alicyclic amines) is 1. The lowest BCUT2D eigenvalue weighted by Crippen LogP contribution is -2.58. The number of aromatic nitrogens is 4. The molecule has 7 heteroatoms. The van der Waals surface area contributed by atoms with Crippen LogP contribution in [0.4, 0.5) is 0 Å². The zero-order valence-corrected chi connectivity index (χ0v) is 20.5. The molecule has 1 N–H and O–H groups in total. The van der Waals surface area contributed by atoms with Gasteiger partial charge in [-0.15, -0.1) is 11.3 Å². The number of thiazole rings is 1. The van der Waals surface area contributed by atoms with Gasteiger partial charge in [-0.25, -0.2) is 4.98 Å². The van der Waals surface area contributed by atoms with Crippen molar-refractivity contribution in [2.45, 2.75) is 33.7 Å². The lowest BCUT2D eigenvalue weighted by atomic mass is 10.0. The molecule has 1 aromatic carbocycles. The molecule has 0 amide bonds. The number of aromatic amines is 1. The molecular weight excluding hydrogens is 428 g/mol. The van der Waals surface area contributed by atoms with E-state index in [2.05, 4.69) is 77.5 Å². The number of hydrogen-bond acceptors (Lipinski definition) is 6. The number of pyridine rings is 1. The molecule has 0 aliphatic carbocycles. The zero-order valence-electron chi connectivity index (χ0n) is 19.7. The summed E-state index contributed by atoms with van der Waals surface area (Å²) in [7, 11) is 0. The van der Waals surface area contributed by atoms with Gasteiger partial charge in [-0.05, 0) is 44.6 Å². The van der Waals surface area contributed by atoms with Gasteiger partial charge >= 0.3 is 0 Å². The summed E-state index contributed by atoms with van der Waals surface area (Å²) in [5, 5.41) is 9.89. The summed E-state index contributed by atoms with van der Waals surface area (Å²) in [6, 6.07) is 9.00. The van der Waals surface area contributed by atoms with Crippen molar-refractivity contribution in [1.82, 2.24) is 30.0 Å². The van der Waals surface area contributed by atoms with Gasteiger partial charge in [0.1, 0.15) is 16.4 Å². The molecule has 3 aromatic heterocycles. The predicted molar refractivity (Wildman–Crippen MR) is 137 cm³/mol. The number of rotatable bonds is 7. The minimum atomic E-state index is 0.583. The third kappa shape index (κ3) is 3.85. The van der Waals surface area contributed by atoms with Crippen LogP contribution in [0.2, 0.25) is 0 Å². The van der Waals surface area contributed by atoms with E-state index in [1.54, 1.807) is 17.5 Å². The topological polar surface area (TPSA) is 60.9 Å². The first-order valence-corrected chi connectivity index (χ1v) is 12.4. The van der Waals surface area contributed by atoms with Gasteiger partial charge in [0, 0.05) is 42.5 Å². The predicted octanol–water partition coefficient (Wildman–Crippen LogP) is 5.36. The molecule has 5 rings (SSSR count). The number of aryl methyl sites for hydroxylation is 2. The molecule has 0 atom stereocenters. The SMILES string of the molecule is C=C(c1nc(-c2[nH]nc3c(C)cc(C)cc23)sc1-c1cccnc1)N1CC(N(CC)CC)C1. The van der Waals surface area contributed by atoms with Crippen LogP contribution in [0.15, 0.2) is 43.2 Å². The highest BCUT2D eigenvalue weighted by Crippen LogP contribution is 2.41. The summed E-state index contributed by atoms with van der Waals surface area (Å²) in [4.78, 5) is 15.4. The van der Waals surface area contributed by atoms with Gasteiger partial charge in [-0.3, -0.25) is 15.0 Å². The number of fused-ring (bicyclic) bond motifs is 1. The Labute approximate surface area is 199 Å². The number of benzene rings is 1. The van der Waals surface area contributed by atoms with E-state index < -0.39 is 0 Å². The molecule has 1 aliphatic rings. The maximum Gasteiger partial charge on any atom is 0.143 e. The van der Waals surface area contributed by atoms with E-state index in [1.807, 2.05) is 12.3 Å². The molecule has 4 aromatic rings. The smallest absolute Gasteiger partial charge is 0.143 e. The minimum absolute atomic E-state index is 0.583. The van der Waals surface area contributed by atoms with Crippen LogP contribution in [0.3, 0.4) is 0 Å². The van der Waals surface area contributed by atoms with Gasteiger partial charge in [0.2, 0.25) is 0 Å². The monoisotopic (exact) mass is 458 g/mol. The Bertz CT molecular complexity index is 1300. The Kier molecular flexibility index (Phi) is 5.76. The number of nitrogens with one attached hydrogen (secondary N) is 1. The van der Waals surface area contributed by atoms with Gasteiger partial charge in [-0.1, -0.05) is 38.1 Å². The van der Waals surface area contributed by atoms with E-state index in [0.29, 0.717) is 6.04 Å². The molecule has 4 heterocycles. The van der Waals surface area contributed by atoms with Crippen molar-refractivity contribution in [3.05, 3.63) is 60.1 Å². The molecule has 1 saturated heterocycles. The lowest BCUT2D eigenvalue weighted by molar-refractivity contribution is 0.0823. The summed E-state index contributed by atoms with van der Waals surface area (Å²) in [6.45, 7) is 17.3. The van der Waals surface area contributed by atoms with Crippen molar-refractivity contribution in [3.8, 4) is 21.1 Å². The van der Waals surface area contributed by atoms with Crippen LogP contribution in [-0.2, 0) is 0 Å². The highest BCUT2D eigenvalue weighted by atomic mass is 32.1. The van der Waals surface area contributed by atoms with Gasteiger partial charge in [0.05, 0.1) is 16.1 Å². The van der Waals surface area contributed by atoms with Gasteiger partial charge < -0.3 is 4.90 Å². The quantitative estimate of drug-likeness (QED) is 0.404. The molecule has 0 radical (unpaired) electrons. The molecule has 0 saturated carbocycles. The fourth-order valence-corrected chi connectivity index (χ4v) is 5.83.